The van der Waals surface area contributed by atoms with E-state index in [0.717, 1.165) is 11.3 Å². The Hall–Kier alpha value is -0.830. The van der Waals surface area contributed by atoms with Gasteiger partial charge in [-0.25, -0.2) is 9.97 Å². The molecule has 17 heavy (non-hydrogen) atoms. The van der Waals surface area contributed by atoms with Crippen LogP contribution in [0.3, 0.4) is 0 Å². The molecule has 0 aliphatic heterocycles. The number of aromatic nitrogens is 2. The van der Waals surface area contributed by atoms with E-state index in [1.165, 1.54) is 0 Å². The minimum Gasteiger partial charge on any atom is -0.248 e. The summed E-state index contributed by atoms with van der Waals surface area (Å²) in [6, 6.07) is 5.42. The van der Waals surface area contributed by atoms with Gasteiger partial charge in [-0.05, 0) is 19.9 Å². The van der Waals surface area contributed by atoms with E-state index in [-0.39, 0.29) is 0 Å². The number of benzene rings is 1. The first-order chi connectivity index (χ1) is 8.00. The quantitative estimate of drug-likeness (QED) is 0.758. The molecule has 0 bridgehead atoms. The standard InChI is InChI=1S/C12H9Cl3N2/c1-6-11(16-7(2)12(15)17-6)8-4-3-5-9(13)10(8)14/h3-5H,1-2H3. The molecule has 2 rings (SSSR count). The van der Waals surface area contributed by atoms with Crippen LogP contribution in [0.25, 0.3) is 11.3 Å². The van der Waals surface area contributed by atoms with Crippen molar-refractivity contribution in [2.45, 2.75) is 13.8 Å². The molecule has 1 heterocycles. The highest BCUT2D eigenvalue weighted by Gasteiger charge is 2.13. The normalized spacial score (nSPS) is 10.6. The van der Waals surface area contributed by atoms with Gasteiger partial charge in [0.2, 0.25) is 0 Å². The van der Waals surface area contributed by atoms with Crippen LogP contribution in [0.4, 0.5) is 0 Å². The van der Waals surface area contributed by atoms with Gasteiger partial charge in [-0.15, -0.1) is 0 Å². The molecular weight excluding hydrogens is 279 g/mol. The molecular formula is C12H9Cl3N2. The van der Waals surface area contributed by atoms with Gasteiger partial charge in [0.15, 0.2) is 5.15 Å². The second-order valence-corrected chi connectivity index (χ2v) is 4.78. The molecule has 88 valence electrons. The number of halogens is 3. The molecule has 5 heteroatoms. The number of nitrogens with zero attached hydrogens (tertiary/aromatic N) is 2. The zero-order valence-corrected chi connectivity index (χ0v) is 11.5. The van der Waals surface area contributed by atoms with Crippen molar-refractivity contribution < 1.29 is 0 Å². The Kier molecular flexibility index (Phi) is 3.57. The number of hydrogen-bond acceptors (Lipinski definition) is 2. The van der Waals surface area contributed by atoms with E-state index in [2.05, 4.69) is 9.97 Å². The predicted octanol–water partition coefficient (Wildman–Crippen LogP) is 4.72. The molecule has 0 saturated carbocycles. The molecule has 0 radical (unpaired) electrons. The van der Waals surface area contributed by atoms with Crippen molar-refractivity contribution in [3.63, 3.8) is 0 Å². The SMILES string of the molecule is Cc1nc(-c2cccc(Cl)c2Cl)c(C)nc1Cl. The van der Waals surface area contributed by atoms with Gasteiger partial charge in [0.1, 0.15) is 0 Å². The van der Waals surface area contributed by atoms with Gasteiger partial charge in [0.05, 0.1) is 27.1 Å². The van der Waals surface area contributed by atoms with Crippen molar-refractivity contribution in [2.24, 2.45) is 0 Å². The Morgan fingerprint density at radius 2 is 1.65 bits per heavy atom. The van der Waals surface area contributed by atoms with E-state index in [1.807, 2.05) is 19.1 Å². The van der Waals surface area contributed by atoms with E-state index in [4.69, 9.17) is 34.8 Å². The lowest BCUT2D eigenvalue weighted by Gasteiger charge is -2.09. The first kappa shape index (κ1) is 12.6. The monoisotopic (exact) mass is 286 g/mol. The van der Waals surface area contributed by atoms with Gasteiger partial charge in [-0.2, -0.15) is 0 Å². The fourth-order valence-electron chi connectivity index (χ4n) is 1.52. The van der Waals surface area contributed by atoms with Gasteiger partial charge in [-0.3, -0.25) is 0 Å². The Morgan fingerprint density at radius 1 is 0.941 bits per heavy atom. The highest BCUT2D eigenvalue weighted by Crippen LogP contribution is 2.34. The largest absolute Gasteiger partial charge is 0.248 e. The second kappa shape index (κ2) is 4.81. The maximum atomic E-state index is 6.16. The van der Waals surface area contributed by atoms with Crippen LogP contribution in [-0.2, 0) is 0 Å². The summed E-state index contributed by atoms with van der Waals surface area (Å²) >= 11 is 18.1. The first-order valence-corrected chi connectivity index (χ1v) is 6.09. The van der Waals surface area contributed by atoms with E-state index >= 15 is 0 Å². The van der Waals surface area contributed by atoms with Crippen LogP contribution in [-0.4, -0.2) is 9.97 Å². The Balaban J connectivity index is 2.69. The minimum absolute atomic E-state index is 0.407. The smallest absolute Gasteiger partial charge is 0.150 e. The lowest BCUT2D eigenvalue weighted by atomic mass is 10.1. The summed E-state index contributed by atoms with van der Waals surface area (Å²) in [7, 11) is 0. The van der Waals surface area contributed by atoms with Crippen LogP contribution in [0.15, 0.2) is 18.2 Å². The van der Waals surface area contributed by atoms with Gasteiger partial charge >= 0.3 is 0 Å². The third kappa shape index (κ3) is 2.39. The maximum Gasteiger partial charge on any atom is 0.150 e. The average Bonchev–Trinajstić information content (AvgIpc) is 2.28. The third-order valence-electron chi connectivity index (χ3n) is 2.39. The Labute approximate surface area is 115 Å². The average molecular weight is 288 g/mol. The summed E-state index contributed by atoms with van der Waals surface area (Å²) in [6.07, 6.45) is 0. The zero-order valence-electron chi connectivity index (χ0n) is 9.26. The first-order valence-electron chi connectivity index (χ1n) is 4.96. The fraction of sp³-hybridized carbons (Fsp3) is 0.167. The van der Waals surface area contributed by atoms with Crippen molar-refractivity contribution in [1.29, 1.82) is 0 Å². The van der Waals surface area contributed by atoms with Crippen LogP contribution in [0.5, 0.6) is 0 Å². The molecule has 0 unspecified atom stereocenters. The van der Waals surface area contributed by atoms with Gasteiger partial charge in [-0.1, -0.05) is 46.9 Å². The minimum atomic E-state index is 0.407. The van der Waals surface area contributed by atoms with Gasteiger partial charge < -0.3 is 0 Å². The van der Waals surface area contributed by atoms with Crippen LogP contribution >= 0.6 is 34.8 Å². The van der Waals surface area contributed by atoms with E-state index in [1.54, 1.807) is 13.0 Å². The topological polar surface area (TPSA) is 25.8 Å². The summed E-state index contributed by atoms with van der Waals surface area (Å²) < 4.78 is 0. The lowest BCUT2D eigenvalue weighted by molar-refractivity contribution is 1.07. The zero-order chi connectivity index (χ0) is 12.6. The predicted molar refractivity (Wildman–Crippen MR) is 72.0 cm³/mol. The van der Waals surface area contributed by atoms with E-state index < -0.39 is 0 Å². The molecule has 0 aliphatic carbocycles. The van der Waals surface area contributed by atoms with Crippen molar-refractivity contribution in [3.8, 4) is 11.3 Å². The molecule has 2 nitrogen and oxygen atoms in total. The third-order valence-corrected chi connectivity index (χ3v) is 3.57. The van der Waals surface area contributed by atoms with Crippen molar-refractivity contribution in [2.75, 3.05) is 0 Å². The summed E-state index contributed by atoms with van der Waals surface area (Å²) in [5.41, 5.74) is 2.87. The molecule has 2 aromatic rings. The number of aryl methyl sites for hydroxylation is 2. The van der Waals surface area contributed by atoms with Crippen LogP contribution in [0.1, 0.15) is 11.4 Å². The Bertz CT molecular complexity index is 582. The van der Waals surface area contributed by atoms with Crippen molar-refractivity contribution >= 4 is 34.8 Å². The van der Waals surface area contributed by atoms with Crippen LogP contribution in [0, 0.1) is 13.8 Å². The summed E-state index contributed by atoms with van der Waals surface area (Å²) in [5, 5.41) is 1.38. The molecule has 1 aromatic heterocycles. The van der Waals surface area contributed by atoms with Crippen LogP contribution in [0.2, 0.25) is 15.2 Å². The van der Waals surface area contributed by atoms with E-state index in [0.29, 0.717) is 26.6 Å². The summed E-state index contributed by atoms with van der Waals surface area (Å²) in [5.74, 6) is 0. The van der Waals surface area contributed by atoms with Crippen molar-refractivity contribution in [3.05, 3.63) is 44.8 Å². The van der Waals surface area contributed by atoms with E-state index in [9.17, 15) is 0 Å². The molecule has 0 amide bonds. The fourth-order valence-corrected chi connectivity index (χ4v) is 2.08. The Morgan fingerprint density at radius 3 is 2.35 bits per heavy atom. The summed E-state index contributed by atoms with van der Waals surface area (Å²) in [4.78, 5) is 8.63. The molecule has 0 spiro atoms. The highest BCUT2D eigenvalue weighted by atomic mass is 35.5. The molecule has 0 saturated heterocycles. The molecule has 0 fully saturated rings. The lowest BCUT2D eigenvalue weighted by Crippen LogP contribution is -1.97. The van der Waals surface area contributed by atoms with Crippen LogP contribution < -0.4 is 0 Å². The highest BCUT2D eigenvalue weighted by molar-refractivity contribution is 6.43. The molecule has 0 N–H and O–H groups in total. The van der Waals surface area contributed by atoms with Crippen molar-refractivity contribution in [1.82, 2.24) is 9.97 Å². The summed E-state index contributed by atoms with van der Waals surface area (Å²) in [6.45, 7) is 3.64. The number of rotatable bonds is 1. The molecule has 0 aliphatic rings. The van der Waals surface area contributed by atoms with Gasteiger partial charge in [0.25, 0.3) is 0 Å². The van der Waals surface area contributed by atoms with Gasteiger partial charge in [0, 0.05) is 5.56 Å². The number of hydrogen-bond donors (Lipinski definition) is 0. The second-order valence-electron chi connectivity index (χ2n) is 3.64. The molecule has 1 aromatic carbocycles. The molecule has 0 atom stereocenters. The maximum absolute atomic E-state index is 6.16.